The number of hydrogen-bond donors (Lipinski definition) is 0. The van der Waals surface area contributed by atoms with Gasteiger partial charge in [0, 0.05) is 20.1 Å². The first kappa shape index (κ1) is 13.9. The van der Waals surface area contributed by atoms with E-state index in [0.717, 1.165) is 0 Å². The zero-order valence-corrected chi connectivity index (χ0v) is 11.2. The summed E-state index contributed by atoms with van der Waals surface area (Å²) in [4.78, 5) is 26.1. The summed E-state index contributed by atoms with van der Waals surface area (Å²) >= 11 is 0. The molecule has 0 N–H and O–H groups in total. The lowest BCUT2D eigenvalue weighted by atomic mass is 10.2. The summed E-state index contributed by atoms with van der Waals surface area (Å²) in [5.41, 5.74) is 0.522. The molecule has 1 saturated heterocycles. The van der Waals surface area contributed by atoms with E-state index in [9.17, 15) is 9.59 Å². The second kappa shape index (κ2) is 6.06. The van der Waals surface area contributed by atoms with Crippen LogP contribution in [0.25, 0.3) is 0 Å². The molecule has 0 bridgehead atoms. The van der Waals surface area contributed by atoms with Crippen LogP contribution in [0, 0.1) is 11.3 Å². The van der Waals surface area contributed by atoms with E-state index in [2.05, 4.69) is 0 Å². The molecule has 1 aromatic rings. The van der Waals surface area contributed by atoms with Gasteiger partial charge in [0.05, 0.1) is 18.2 Å². The van der Waals surface area contributed by atoms with Gasteiger partial charge in [-0.3, -0.25) is 9.59 Å². The zero-order valence-electron chi connectivity index (χ0n) is 11.2. The van der Waals surface area contributed by atoms with Crippen LogP contribution in [0.15, 0.2) is 24.3 Å². The Labute approximate surface area is 117 Å². The van der Waals surface area contributed by atoms with Gasteiger partial charge >= 0.3 is 11.8 Å². The van der Waals surface area contributed by atoms with Gasteiger partial charge in [-0.15, -0.1) is 0 Å². The fourth-order valence-electron chi connectivity index (χ4n) is 1.91. The van der Waals surface area contributed by atoms with Crippen molar-refractivity contribution in [3.05, 3.63) is 29.8 Å². The summed E-state index contributed by atoms with van der Waals surface area (Å²) in [6.45, 7) is 1.70. The summed E-state index contributed by atoms with van der Waals surface area (Å²) in [6.07, 6.45) is 0. The van der Waals surface area contributed by atoms with Crippen molar-refractivity contribution in [3.8, 4) is 11.8 Å². The summed E-state index contributed by atoms with van der Waals surface area (Å²) in [6, 6.07) is 8.84. The molecule has 0 unspecified atom stereocenters. The highest BCUT2D eigenvalue weighted by Gasteiger charge is 2.29. The van der Waals surface area contributed by atoms with Crippen molar-refractivity contribution in [2.45, 2.75) is 0 Å². The van der Waals surface area contributed by atoms with E-state index < -0.39 is 11.8 Å². The number of carbonyl (C=O) groups is 2. The van der Waals surface area contributed by atoms with E-state index in [1.54, 1.807) is 31.3 Å². The Morgan fingerprint density at radius 2 is 2.10 bits per heavy atom. The highest BCUT2D eigenvalue weighted by Crippen LogP contribution is 2.12. The third kappa shape index (κ3) is 3.06. The van der Waals surface area contributed by atoms with Gasteiger partial charge in [-0.05, 0) is 18.2 Å². The average molecular weight is 273 g/mol. The first-order valence-corrected chi connectivity index (χ1v) is 6.29. The van der Waals surface area contributed by atoms with Crippen LogP contribution in [-0.2, 0) is 9.59 Å². The molecule has 6 heteroatoms. The Bertz CT molecular complexity index is 565. The fraction of sp³-hybridized carbons (Fsp3) is 0.357. The average Bonchev–Trinajstić information content (AvgIpc) is 2.47. The highest BCUT2D eigenvalue weighted by molar-refractivity contribution is 6.35. The Morgan fingerprint density at radius 3 is 2.85 bits per heavy atom. The van der Waals surface area contributed by atoms with Crippen LogP contribution >= 0.6 is 0 Å². The third-order valence-corrected chi connectivity index (χ3v) is 3.12. The lowest BCUT2D eigenvalue weighted by molar-refractivity contribution is -0.155. The van der Waals surface area contributed by atoms with E-state index in [0.29, 0.717) is 30.9 Å². The molecule has 1 fully saturated rings. The zero-order chi connectivity index (χ0) is 14.5. The molecule has 2 amide bonds. The van der Waals surface area contributed by atoms with E-state index in [1.165, 1.54) is 9.80 Å². The van der Waals surface area contributed by atoms with Gasteiger partial charge in [0.1, 0.15) is 12.4 Å². The standard InChI is InChI=1S/C14H15N3O3/c1-16-5-6-17(14(19)13(16)18)7-8-20-12-4-2-3-11(9-12)10-15/h2-4,9H,5-8H2,1H3. The van der Waals surface area contributed by atoms with Gasteiger partial charge in [0.25, 0.3) is 0 Å². The molecular weight excluding hydrogens is 258 g/mol. The van der Waals surface area contributed by atoms with Crippen LogP contribution in [0.4, 0.5) is 0 Å². The van der Waals surface area contributed by atoms with Gasteiger partial charge in [0.15, 0.2) is 0 Å². The molecule has 0 aromatic heterocycles. The van der Waals surface area contributed by atoms with Crippen LogP contribution in [0.2, 0.25) is 0 Å². The summed E-state index contributed by atoms with van der Waals surface area (Å²) in [5.74, 6) is -0.396. The smallest absolute Gasteiger partial charge is 0.312 e. The normalized spacial score (nSPS) is 15.2. The van der Waals surface area contributed by atoms with Gasteiger partial charge in [-0.25, -0.2) is 0 Å². The minimum absolute atomic E-state index is 0.289. The molecular formula is C14H15N3O3. The van der Waals surface area contributed by atoms with E-state index in [1.807, 2.05) is 6.07 Å². The maximum atomic E-state index is 11.7. The second-order valence-electron chi connectivity index (χ2n) is 4.51. The molecule has 1 heterocycles. The van der Waals surface area contributed by atoms with Gasteiger partial charge in [-0.2, -0.15) is 5.26 Å². The second-order valence-corrected chi connectivity index (χ2v) is 4.51. The molecule has 0 spiro atoms. The van der Waals surface area contributed by atoms with Crippen LogP contribution in [0.1, 0.15) is 5.56 Å². The Kier molecular flexibility index (Phi) is 4.20. The number of rotatable bonds is 4. The largest absolute Gasteiger partial charge is 0.492 e. The van der Waals surface area contributed by atoms with Gasteiger partial charge < -0.3 is 14.5 Å². The van der Waals surface area contributed by atoms with Crippen molar-refractivity contribution in [1.82, 2.24) is 9.80 Å². The first-order valence-electron chi connectivity index (χ1n) is 6.29. The molecule has 0 atom stereocenters. The molecule has 0 aliphatic carbocycles. The molecule has 1 aromatic carbocycles. The number of benzene rings is 1. The minimum atomic E-state index is -0.492. The highest BCUT2D eigenvalue weighted by atomic mass is 16.5. The molecule has 20 heavy (non-hydrogen) atoms. The van der Waals surface area contributed by atoms with Gasteiger partial charge in [0.2, 0.25) is 0 Å². The quantitative estimate of drug-likeness (QED) is 0.736. The fourth-order valence-corrected chi connectivity index (χ4v) is 1.91. The summed E-state index contributed by atoms with van der Waals surface area (Å²) in [7, 11) is 1.61. The van der Waals surface area contributed by atoms with E-state index in [-0.39, 0.29) is 6.61 Å². The van der Waals surface area contributed by atoms with Crippen LogP contribution in [-0.4, -0.2) is 54.9 Å². The lowest BCUT2D eigenvalue weighted by Gasteiger charge is -2.31. The maximum absolute atomic E-state index is 11.7. The molecule has 104 valence electrons. The number of carbonyl (C=O) groups excluding carboxylic acids is 2. The van der Waals surface area contributed by atoms with Crippen molar-refractivity contribution < 1.29 is 14.3 Å². The number of likely N-dealkylation sites (N-methyl/N-ethyl adjacent to an activating group) is 1. The van der Waals surface area contributed by atoms with Crippen LogP contribution < -0.4 is 4.74 Å². The Balaban J connectivity index is 1.85. The minimum Gasteiger partial charge on any atom is -0.492 e. The van der Waals surface area contributed by atoms with E-state index >= 15 is 0 Å². The molecule has 2 rings (SSSR count). The summed E-state index contributed by atoms with van der Waals surface area (Å²) < 4.78 is 5.49. The molecule has 1 aliphatic rings. The van der Waals surface area contributed by atoms with Crippen molar-refractivity contribution in [2.24, 2.45) is 0 Å². The predicted molar refractivity (Wildman–Crippen MR) is 70.9 cm³/mol. The predicted octanol–water partition coefficient (Wildman–Crippen LogP) is 0.238. The molecule has 6 nitrogen and oxygen atoms in total. The number of nitrogens with zero attached hydrogens (tertiary/aromatic N) is 3. The SMILES string of the molecule is CN1CCN(CCOc2cccc(C#N)c2)C(=O)C1=O. The topological polar surface area (TPSA) is 73.6 Å². The number of amides is 2. The number of nitriles is 1. The van der Waals surface area contributed by atoms with Crippen LogP contribution in [0.5, 0.6) is 5.75 Å². The third-order valence-electron chi connectivity index (χ3n) is 3.12. The summed E-state index contributed by atoms with van der Waals surface area (Å²) in [5, 5.41) is 8.78. The Morgan fingerprint density at radius 1 is 1.30 bits per heavy atom. The van der Waals surface area contributed by atoms with Crippen molar-refractivity contribution >= 4 is 11.8 Å². The maximum Gasteiger partial charge on any atom is 0.312 e. The van der Waals surface area contributed by atoms with Gasteiger partial charge in [-0.1, -0.05) is 6.07 Å². The Hall–Kier alpha value is -2.55. The van der Waals surface area contributed by atoms with Crippen molar-refractivity contribution in [3.63, 3.8) is 0 Å². The van der Waals surface area contributed by atoms with Crippen molar-refractivity contribution in [2.75, 3.05) is 33.3 Å². The van der Waals surface area contributed by atoms with Crippen LogP contribution in [0.3, 0.4) is 0 Å². The molecule has 0 radical (unpaired) electrons. The first-order chi connectivity index (χ1) is 9.61. The number of piperazine rings is 1. The molecule has 0 saturated carbocycles. The van der Waals surface area contributed by atoms with E-state index in [4.69, 9.17) is 10.00 Å². The monoisotopic (exact) mass is 273 g/mol. The number of hydrogen-bond acceptors (Lipinski definition) is 4. The molecule has 1 aliphatic heterocycles. The number of ether oxygens (including phenoxy) is 1. The van der Waals surface area contributed by atoms with Crippen molar-refractivity contribution in [1.29, 1.82) is 5.26 Å². The lowest BCUT2D eigenvalue weighted by Crippen LogP contribution is -2.53.